The van der Waals surface area contributed by atoms with Crippen LogP contribution in [0.5, 0.6) is 11.5 Å². The molecule has 3 rings (SSSR count). The number of ether oxygens (including phenoxy) is 2. The van der Waals surface area contributed by atoms with Crippen LogP contribution in [0.1, 0.15) is 41.2 Å². The highest BCUT2D eigenvalue weighted by Gasteiger charge is 2.22. The van der Waals surface area contributed by atoms with Crippen molar-refractivity contribution < 1.29 is 14.3 Å². The molecule has 0 unspecified atom stereocenters. The van der Waals surface area contributed by atoms with Gasteiger partial charge in [0.1, 0.15) is 23.3 Å². The van der Waals surface area contributed by atoms with Crippen molar-refractivity contribution >= 4 is 5.91 Å². The Balaban J connectivity index is 1.76. The van der Waals surface area contributed by atoms with E-state index in [1.807, 2.05) is 40.0 Å². The Bertz CT molecular complexity index is 748. The average molecular weight is 329 g/mol. The zero-order chi connectivity index (χ0) is 17.3. The van der Waals surface area contributed by atoms with Gasteiger partial charge in [-0.15, -0.1) is 0 Å². The van der Waals surface area contributed by atoms with E-state index in [9.17, 15) is 4.79 Å². The summed E-state index contributed by atoms with van der Waals surface area (Å²) in [6.45, 7) is 6.86. The molecule has 2 aromatic rings. The minimum absolute atomic E-state index is 0.177. The van der Waals surface area contributed by atoms with Gasteiger partial charge < -0.3 is 14.8 Å². The second-order valence-electron chi connectivity index (χ2n) is 6.11. The van der Waals surface area contributed by atoms with Gasteiger partial charge >= 0.3 is 0 Å². The summed E-state index contributed by atoms with van der Waals surface area (Å²) in [6.07, 6.45) is 1.06. The lowest BCUT2D eigenvalue weighted by Crippen LogP contribution is -2.23. The van der Waals surface area contributed by atoms with Crippen molar-refractivity contribution in [3.63, 3.8) is 0 Å². The Kier molecular flexibility index (Phi) is 4.46. The second-order valence-corrected chi connectivity index (χ2v) is 6.11. The molecule has 0 saturated heterocycles. The van der Waals surface area contributed by atoms with Crippen LogP contribution in [0, 0.1) is 6.92 Å². The minimum atomic E-state index is -0.198. The fourth-order valence-corrected chi connectivity index (χ4v) is 2.85. The Labute approximate surface area is 141 Å². The molecule has 1 amide bonds. The first kappa shape index (κ1) is 16.4. The van der Waals surface area contributed by atoms with Crippen LogP contribution in [-0.4, -0.2) is 28.4 Å². The standard InChI is InChI=1S/C18H23N3O3/c1-5-23-16-8-13-7-12(3)24-17(13)9-14(16)10-19-18(22)15-6-11(2)21(4)20-15/h6,8-9,12H,5,7,10H2,1-4H3,(H,19,22)/t12-/m1/s1. The fourth-order valence-electron chi connectivity index (χ4n) is 2.85. The van der Waals surface area contributed by atoms with E-state index in [2.05, 4.69) is 10.4 Å². The first-order chi connectivity index (χ1) is 11.5. The summed E-state index contributed by atoms with van der Waals surface area (Å²) in [4.78, 5) is 12.3. The number of nitrogens with one attached hydrogen (secondary N) is 1. The van der Waals surface area contributed by atoms with Gasteiger partial charge in [0.25, 0.3) is 5.91 Å². The summed E-state index contributed by atoms with van der Waals surface area (Å²) in [6, 6.07) is 5.76. The van der Waals surface area contributed by atoms with E-state index in [4.69, 9.17) is 9.47 Å². The van der Waals surface area contributed by atoms with E-state index in [-0.39, 0.29) is 12.0 Å². The van der Waals surface area contributed by atoms with Crippen molar-refractivity contribution in [2.45, 2.75) is 39.8 Å². The molecule has 128 valence electrons. The highest BCUT2D eigenvalue weighted by Crippen LogP contribution is 2.35. The van der Waals surface area contributed by atoms with E-state index >= 15 is 0 Å². The fraction of sp³-hybridized carbons (Fsp3) is 0.444. The smallest absolute Gasteiger partial charge is 0.272 e. The SMILES string of the molecule is CCOc1cc2c(cc1CNC(=O)c1cc(C)n(C)n1)O[C@H](C)C2. The molecule has 0 radical (unpaired) electrons. The molecule has 1 aliphatic heterocycles. The maximum absolute atomic E-state index is 12.3. The van der Waals surface area contributed by atoms with E-state index in [1.54, 1.807) is 10.7 Å². The Morgan fingerprint density at radius 3 is 2.92 bits per heavy atom. The van der Waals surface area contributed by atoms with Gasteiger partial charge in [-0.3, -0.25) is 9.48 Å². The molecule has 1 N–H and O–H groups in total. The number of aromatic nitrogens is 2. The summed E-state index contributed by atoms with van der Waals surface area (Å²) in [5, 5.41) is 7.10. The molecule has 0 spiro atoms. The number of carbonyl (C=O) groups is 1. The monoisotopic (exact) mass is 329 g/mol. The molecule has 0 aliphatic carbocycles. The molecule has 6 heteroatoms. The van der Waals surface area contributed by atoms with E-state index < -0.39 is 0 Å². The van der Waals surface area contributed by atoms with Gasteiger partial charge in [-0.1, -0.05) is 0 Å². The Morgan fingerprint density at radius 2 is 2.25 bits per heavy atom. The molecule has 0 bridgehead atoms. The second kappa shape index (κ2) is 6.55. The molecule has 1 aromatic heterocycles. The van der Waals surface area contributed by atoms with Crippen molar-refractivity contribution in [1.82, 2.24) is 15.1 Å². The zero-order valence-corrected chi connectivity index (χ0v) is 14.5. The van der Waals surface area contributed by atoms with Gasteiger partial charge in [0.15, 0.2) is 0 Å². The summed E-state index contributed by atoms with van der Waals surface area (Å²) in [5.41, 5.74) is 3.42. The maximum atomic E-state index is 12.3. The van der Waals surface area contributed by atoms with Gasteiger partial charge in [-0.2, -0.15) is 5.10 Å². The molecule has 1 aliphatic rings. The number of nitrogens with zero attached hydrogens (tertiary/aromatic N) is 2. The number of hydrogen-bond donors (Lipinski definition) is 1. The first-order valence-corrected chi connectivity index (χ1v) is 8.22. The van der Waals surface area contributed by atoms with Crippen LogP contribution >= 0.6 is 0 Å². The lowest BCUT2D eigenvalue weighted by atomic mass is 10.1. The number of rotatable bonds is 5. The maximum Gasteiger partial charge on any atom is 0.272 e. The molecular formula is C18H23N3O3. The molecule has 0 saturated carbocycles. The van der Waals surface area contributed by atoms with Gasteiger partial charge in [0.05, 0.1) is 6.61 Å². The number of benzene rings is 1. The molecule has 1 aromatic carbocycles. The summed E-state index contributed by atoms with van der Waals surface area (Å²) in [5.74, 6) is 1.48. The predicted octanol–water partition coefficient (Wildman–Crippen LogP) is 2.38. The summed E-state index contributed by atoms with van der Waals surface area (Å²) < 4.78 is 13.2. The third kappa shape index (κ3) is 3.22. The molecular weight excluding hydrogens is 306 g/mol. The highest BCUT2D eigenvalue weighted by molar-refractivity contribution is 5.92. The van der Waals surface area contributed by atoms with Crippen LogP contribution in [0.4, 0.5) is 0 Å². The molecule has 1 atom stereocenters. The highest BCUT2D eigenvalue weighted by atomic mass is 16.5. The van der Waals surface area contributed by atoms with Crippen LogP contribution in [0.2, 0.25) is 0 Å². The Hall–Kier alpha value is -2.50. The van der Waals surface area contributed by atoms with Crippen LogP contribution in [-0.2, 0) is 20.0 Å². The van der Waals surface area contributed by atoms with Crippen molar-refractivity contribution in [3.8, 4) is 11.5 Å². The van der Waals surface area contributed by atoms with Gasteiger partial charge in [-0.25, -0.2) is 0 Å². The Morgan fingerprint density at radius 1 is 1.46 bits per heavy atom. The third-order valence-electron chi connectivity index (χ3n) is 4.16. The number of fused-ring (bicyclic) bond motifs is 1. The topological polar surface area (TPSA) is 65.4 Å². The van der Waals surface area contributed by atoms with Crippen molar-refractivity contribution in [2.75, 3.05) is 6.61 Å². The van der Waals surface area contributed by atoms with Crippen LogP contribution in [0.3, 0.4) is 0 Å². The molecule has 24 heavy (non-hydrogen) atoms. The van der Waals surface area contributed by atoms with Crippen molar-refractivity contribution in [3.05, 3.63) is 40.7 Å². The summed E-state index contributed by atoms with van der Waals surface area (Å²) in [7, 11) is 1.82. The quantitative estimate of drug-likeness (QED) is 0.915. The van der Waals surface area contributed by atoms with E-state index in [0.717, 1.165) is 34.7 Å². The van der Waals surface area contributed by atoms with Crippen molar-refractivity contribution in [1.29, 1.82) is 0 Å². The van der Waals surface area contributed by atoms with Gasteiger partial charge in [0, 0.05) is 36.8 Å². The molecule has 6 nitrogen and oxygen atoms in total. The lowest BCUT2D eigenvalue weighted by Gasteiger charge is -2.13. The molecule has 0 fully saturated rings. The van der Waals surface area contributed by atoms with Crippen LogP contribution in [0.15, 0.2) is 18.2 Å². The number of carbonyl (C=O) groups excluding carboxylic acids is 1. The van der Waals surface area contributed by atoms with Crippen LogP contribution in [0.25, 0.3) is 0 Å². The largest absolute Gasteiger partial charge is 0.494 e. The first-order valence-electron chi connectivity index (χ1n) is 8.22. The van der Waals surface area contributed by atoms with Gasteiger partial charge in [0.2, 0.25) is 0 Å². The lowest BCUT2D eigenvalue weighted by molar-refractivity contribution is 0.0945. The normalized spacial score (nSPS) is 15.8. The zero-order valence-electron chi connectivity index (χ0n) is 14.5. The summed E-state index contributed by atoms with van der Waals surface area (Å²) >= 11 is 0. The van der Waals surface area contributed by atoms with Gasteiger partial charge in [-0.05, 0) is 39.0 Å². The predicted molar refractivity (Wildman–Crippen MR) is 90.5 cm³/mol. The number of amides is 1. The molecule has 2 heterocycles. The minimum Gasteiger partial charge on any atom is -0.494 e. The van der Waals surface area contributed by atoms with Crippen LogP contribution < -0.4 is 14.8 Å². The number of aryl methyl sites for hydroxylation is 2. The third-order valence-corrected chi connectivity index (χ3v) is 4.16. The number of hydrogen-bond acceptors (Lipinski definition) is 4. The van der Waals surface area contributed by atoms with E-state index in [1.165, 1.54) is 0 Å². The average Bonchev–Trinajstić information content (AvgIpc) is 3.06. The van der Waals surface area contributed by atoms with E-state index in [0.29, 0.717) is 18.8 Å². The van der Waals surface area contributed by atoms with Crippen molar-refractivity contribution in [2.24, 2.45) is 7.05 Å².